The molecular formula is C19H19ClN4OS2. The van der Waals surface area contributed by atoms with Gasteiger partial charge in [-0.05, 0) is 42.6 Å². The van der Waals surface area contributed by atoms with Crippen molar-refractivity contribution in [1.82, 2.24) is 20.1 Å². The summed E-state index contributed by atoms with van der Waals surface area (Å²) in [5.74, 6) is 0.953. The monoisotopic (exact) mass is 418 g/mol. The molecule has 0 aliphatic rings. The molecule has 1 unspecified atom stereocenters. The predicted octanol–water partition coefficient (Wildman–Crippen LogP) is 4.82. The van der Waals surface area contributed by atoms with Gasteiger partial charge < -0.3 is 5.32 Å². The minimum atomic E-state index is -0.0397. The van der Waals surface area contributed by atoms with Crippen LogP contribution < -0.4 is 5.32 Å². The van der Waals surface area contributed by atoms with Gasteiger partial charge in [0.15, 0.2) is 11.0 Å². The van der Waals surface area contributed by atoms with Crippen LogP contribution in [0.5, 0.6) is 0 Å². The van der Waals surface area contributed by atoms with E-state index in [1.807, 2.05) is 53.3 Å². The van der Waals surface area contributed by atoms with Crippen LogP contribution in [-0.2, 0) is 11.3 Å². The maximum Gasteiger partial charge on any atom is 0.230 e. The first-order valence-corrected chi connectivity index (χ1v) is 10.6. The van der Waals surface area contributed by atoms with Crippen LogP contribution in [0.2, 0.25) is 5.02 Å². The van der Waals surface area contributed by atoms with E-state index in [4.69, 9.17) is 11.6 Å². The highest BCUT2D eigenvalue weighted by Gasteiger charge is 2.16. The molecule has 1 atom stereocenters. The lowest BCUT2D eigenvalue weighted by atomic mass is 10.2. The van der Waals surface area contributed by atoms with Gasteiger partial charge in [0.1, 0.15) is 0 Å². The van der Waals surface area contributed by atoms with Crippen molar-refractivity contribution in [1.29, 1.82) is 0 Å². The fourth-order valence-corrected chi connectivity index (χ4v) is 4.14. The topological polar surface area (TPSA) is 59.8 Å². The van der Waals surface area contributed by atoms with Gasteiger partial charge >= 0.3 is 0 Å². The second-order valence-corrected chi connectivity index (χ2v) is 8.16. The van der Waals surface area contributed by atoms with Crippen molar-refractivity contribution < 1.29 is 4.79 Å². The standard InChI is InChI=1S/C19H19ClN4OS2/c1-3-10-24-18(14-6-8-15(20)9-7-14)22-23-19(24)27-12-17(25)21-13(2)16-5-4-11-26-16/h3-9,11,13H,1,10,12H2,2H3,(H,21,25). The van der Waals surface area contributed by atoms with Crippen molar-refractivity contribution in [2.24, 2.45) is 0 Å². The molecule has 2 aromatic heterocycles. The van der Waals surface area contributed by atoms with Crippen LogP contribution in [0.25, 0.3) is 11.4 Å². The Hall–Kier alpha value is -2.09. The SMILES string of the molecule is C=CCn1c(SCC(=O)NC(C)c2cccs2)nnc1-c1ccc(Cl)cc1. The molecule has 0 aliphatic carbocycles. The third-order valence-corrected chi connectivity index (χ3v) is 6.08. The summed E-state index contributed by atoms with van der Waals surface area (Å²) in [6.45, 7) is 6.34. The summed E-state index contributed by atoms with van der Waals surface area (Å²) in [4.78, 5) is 13.4. The second kappa shape index (κ2) is 9.21. The van der Waals surface area contributed by atoms with E-state index in [2.05, 4.69) is 22.1 Å². The third kappa shape index (κ3) is 5.00. The lowest BCUT2D eigenvalue weighted by molar-refractivity contribution is -0.119. The average molecular weight is 419 g/mol. The lowest BCUT2D eigenvalue weighted by Gasteiger charge is -2.12. The normalized spacial score (nSPS) is 11.9. The molecule has 5 nitrogen and oxygen atoms in total. The van der Waals surface area contributed by atoms with Gasteiger partial charge in [-0.3, -0.25) is 9.36 Å². The Morgan fingerprint density at radius 1 is 1.37 bits per heavy atom. The van der Waals surface area contributed by atoms with Crippen molar-refractivity contribution in [3.63, 3.8) is 0 Å². The Morgan fingerprint density at radius 3 is 2.81 bits per heavy atom. The van der Waals surface area contributed by atoms with E-state index in [1.165, 1.54) is 11.8 Å². The third-order valence-electron chi connectivity index (χ3n) is 3.81. The number of thiophene rings is 1. The van der Waals surface area contributed by atoms with Crippen LogP contribution in [0, 0.1) is 0 Å². The fourth-order valence-electron chi connectivity index (χ4n) is 2.52. The van der Waals surface area contributed by atoms with Gasteiger partial charge in [0, 0.05) is 22.0 Å². The van der Waals surface area contributed by atoms with Crippen LogP contribution in [0.4, 0.5) is 0 Å². The van der Waals surface area contributed by atoms with Crippen LogP contribution in [0.3, 0.4) is 0 Å². The van der Waals surface area contributed by atoms with E-state index in [0.717, 1.165) is 16.3 Å². The molecule has 140 valence electrons. The van der Waals surface area contributed by atoms with Crippen LogP contribution in [0.15, 0.2) is 59.6 Å². The predicted molar refractivity (Wildman–Crippen MR) is 112 cm³/mol. The number of nitrogens with zero attached hydrogens (tertiary/aromatic N) is 3. The molecule has 27 heavy (non-hydrogen) atoms. The second-order valence-electron chi connectivity index (χ2n) is 5.81. The quantitative estimate of drug-likeness (QED) is 0.421. The Morgan fingerprint density at radius 2 is 2.15 bits per heavy atom. The highest BCUT2D eigenvalue weighted by molar-refractivity contribution is 7.99. The largest absolute Gasteiger partial charge is 0.348 e. The van der Waals surface area contributed by atoms with E-state index in [9.17, 15) is 4.79 Å². The van der Waals surface area contributed by atoms with Crippen LogP contribution in [-0.4, -0.2) is 26.4 Å². The smallest absolute Gasteiger partial charge is 0.230 e. The van der Waals surface area contributed by atoms with Crippen LogP contribution in [0.1, 0.15) is 17.8 Å². The number of rotatable bonds is 8. The van der Waals surface area contributed by atoms with Gasteiger partial charge in [-0.15, -0.1) is 28.1 Å². The Kier molecular flexibility index (Phi) is 6.71. The Bertz CT molecular complexity index is 906. The molecule has 0 saturated carbocycles. The molecular weight excluding hydrogens is 400 g/mol. The number of halogens is 1. The summed E-state index contributed by atoms with van der Waals surface area (Å²) < 4.78 is 1.94. The maximum absolute atomic E-state index is 12.3. The molecule has 2 heterocycles. The summed E-state index contributed by atoms with van der Waals surface area (Å²) in [5, 5.41) is 14.9. The number of hydrogen-bond donors (Lipinski definition) is 1. The van der Waals surface area contributed by atoms with E-state index in [-0.39, 0.29) is 17.7 Å². The number of nitrogens with one attached hydrogen (secondary N) is 1. The number of thioether (sulfide) groups is 1. The number of benzene rings is 1. The molecule has 0 saturated heterocycles. The number of hydrogen-bond acceptors (Lipinski definition) is 5. The molecule has 0 aliphatic heterocycles. The number of carbonyl (C=O) groups excluding carboxylic acids is 1. The van der Waals surface area contributed by atoms with Crippen molar-refractivity contribution in [3.8, 4) is 11.4 Å². The number of aromatic nitrogens is 3. The number of carbonyl (C=O) groups is 1. The van der Waals surface area contributed by atoms with Gasteiger partial charge in [0.2, 0.25) is 5.91 Å². The highest BCUT2D eigenvalue weighted by atomic mass is 35.5. The average Bonchev–Trinajstić information content (AvgIpc) is 3.31. The molecule has 3 aromatic rings. The molecule has 1 aromatic carbocycles. The van der Waals surface area contributed by atoms with Gasteiger partial charge in [0.05, 0.1) is 11.8 Å². The summed E-state index contributed by atoms with van der Waals surface area (Å²) in [7, 11) is 0. The molecule has 1 N–H and O–H groups in total. The molecule has 0 spiro atoms. The van der Waals surface area contributed by atoms with Gasteiger partial charge in [-0.1, -0.05) is 35.5 Å². The molecule has 0 fully saturated rings. The molecule has 0 bridgehead atoms. The minimum absolute atomic E-state index is 0.00577. The van der Waals surface area contributed by atoms with E-state index in [0.29, 0.717) is 16.7 Å². The van der Waals surface area contributed by atoms with Crippen LogP contribution >= 0.6 is 34.7 Å². The first-order valence-electron chi connectivity index (χ1n) is 8.34. The summed E-state index contributed by atoms with van der Waals surface area (Å²) in [6, 6.07) is 11.4. The number of amides is 1. The van der Waals surface area contributed by atoms with E-state index in [1.54, 1.807) is 17.4 Å². The first kappa shape index (κ1) is 19.7. The maximum atomic E-state index is 12.3. The zero-order valence-electron chi connectivity index (χ0n) is 14.8. The summed E-state index contributed by atoms with van der Waals surface area (Å²) in [5.41, 5.74) is 0.913. The van der Waals surface area contributed by atoms with E-state index < -0.39 is 0 Å². The lowest BCUT2D eigenvalue weighted by Crippen LogP contribution is -2.27. The van der Waals surface area contributed by atoms with Crippen molar-refractivity contribution in [2.75, 3.05) is 5.75 Å². The Labute approximate surface area is 171 Å². The Balaban J connectivity index is 1.68. The number of allylic oxidation sites excluding steroid dienone is 1. The zero-order chi connectivity index (χ0) is 19.2. The van der Waals surface area contributed by atoms with Gasteiger partial charge in [-0.2, -0.15) is 0 Å². The summed E-state index contributed by atoms with van der Waals surface area (Å²) in [6.07, 6.45) is 1.78. The van der Waals surface area contributed by atoms with Crippen molar-refractivity contribution in [3.05, 3.63) is 64.3 Å². The first-order chi connectivity index (χ1) is 13.1. The molecule has 3 rings (SSSR count). The molecule has 0 radical (unpaired) electrons. The van der Waals surface area contributed by atoms with Gasteiger partial charge in [0.25, 0.3) is 0 Å². The molecule has 8 heteroatoms. The van der Waals surface area contributed by atoms with Crippen molar-refractivity contribution >= 4 is 40.6 Å². The fraction of sp³-hybridized carbons (Fsp3) is 0.211. The van der Waals surface area contributed by atoms with Gasteiger partial charge in [-0.25, -0.2) is 0 Å². The van der Waals surface area contributed by atoms with Crippen molar-refractivity contribution in [2.45, 2.75) is 24.7 Å². The zero-order valence-corrected chi connectivity index (χ0v) is 17.2. The highest BCUT2D eigenvalue weighted by Crippen LogP contribution is 2.25. The van der Waals surface area contributed by atoms with E-state index >= 15 is 0 Å². The summed E-state index contributed by atoms with van der Waals surface area (Å²) >= 11 is 8.95. The molecule has 1 amide bonds. The minimum Gasteiger partial charge on any atom is -0.348 e.